The van der Waals surface area contributed by atoms with E-state index in [-0.39, 0.29) is 4.63 Å². The summed E-state index contributed by atoms with van der Waals surface area (Å²) in [5.74, 6) is 0. The fraction of sp³-hybridized carbons (Fsp3) is 0.333. The van der Waals surface area contributed by atoms with Gasteiger partial charge >= 0.3 is 6.09 Å². The Bertz CT molecular complexity index is 118. The molecule has 0 aromatic rings. The van der Waals surface area contributed by atoms with Crippen LogP contribution >= 0.6 is 23.2 Å². The number of hydrogen-bond acceptors (Lipinski definition) is 2. The lowest BCUT2D eigenvalue weighted by atomic mass is 11.2. The molecule has 0 aliphatic rings. The average Bonchev–Trinajstić information content (AvgIpc) is 1.65. The highest BCUT2D eigenvalue weighted by Crippen LogP contribution is 1.92. The second-order valence-electron chi connectivity index (χ2n) is 0.822. The maximum Gasteiger partial charge on any atom is 0.435 e. The van der Waals surface area contributed by atoms with Crippen LogP contribution in [0.1, 0.15) is 0 Å². The van der Waals surface area contributed by atoms with Crippen molar-refractivity contribution in [2.45, 2.75) is 0 Å². The zero-order valence-corrected chi connectivity index (χ0v) is 5.53. The number of carbonyl (C=O) groups is 1. The van der Waals surface area contributed by atoms with Crippen LogP contribution in [0.25, 0.3) is 0 Å². The van der Waals surface area contributed by atoms with E-state index in [0.29, 0.717) is 0 Å². The molecular weight excluding hydrogens is 153 g/mol. The van der Waals surface area contributed by atoms with Gasteiger partial charge in [0.2, 0.25) is 4.63 Å². The molecule has 46 valence electrons. The van der Waals surface area contributed by atoms with E-state index in [2.05, 4.69) is 9.73 Å². The molecular formula is C3H3Cl2NO2. The molecule has 0 unspecified atom stereocenters. The lowest BCUT2D eigenvalue weighted by Gasteiger charge is -1.85. The fourth-order valence-electron chi connectivity index (χ4n) is 0.115. The van der Waals surface area contributed by atoms with Gasteiger partial charge in [-0.05, 0) is 23.2 Å². The Labute approximate surface area is 56.2 Å². The van der Waals surface area contributed by atoms with E-state index < -0.39 is 6.09 Å². The summed E-state index contributed by atoms with van der Waals surface area (Å²) in [5.41, 5.74) is 0. The van der Waals surface area contributed by atoms with E-state index in [0.717, 1.165) is 0 Å². The molecule has 1 amide bonds. The molecule has 0 aromatic heterocycles. The van der Waals surface area contributed by atoms with Crippen LogP contribution in [-0.4, -0.2) is 17.8 Å². The molecule has 0 bridgehead atoms. The normalized spacial score (nSPS) is 7.88. The Kier molecular flexibility index (Phi) is 3.56. The molecule has 0 heterocycles. The quantitative estimate of drug-likeness (QED) is 0.499. The Hall–Kier alpha value is -0.280. The summed E-state index contributed by atoms with van der Waals surface area (Å²) in [6.07, 6.45) is -0.801. The van der Waals surface area contributed by atoms with Gasteiger partial charge in [0.1, 0.15) is 0 Å². The molecule has 0 aliphatic heterocycles. The Morgan fingerprint density at radius 2 is 2.12 bits per heavy atom. The van der Waals surface area contributed by atoms with Crippen molar-refractivity contribution in [2.75, 3.05) is 7.11 Å². The molecule has 0 spiro atoms. The average molecular weight is 156 g/mol. The molecule has 0 radical (unpaired) electrons. The van der Waals surface area contributed by atoms with Gasteiger partial charge in [0, 0.05) is 0 Å². The van der Waals surface area contributed by atoms with Crippen LogP contribution in [0.2, 0.25) is 0 Å². The van der Waals surface area contributed by atoms with E-state index in [1.807, 2.05) is 0 Å². The maximum absolute atomic E-state index is 10.0. The highest BCUT2D eigenvalue weighted by atomic mass is 35.5. The van der Waals surface area contributed by atoms with Gasteiger partial charge in [0.15, 0.2) is 0 Å². The zero-order valence-electron chi connectivity index (χ0n) is 4.02. The molecule has 0 rings (SSSR count). The van der Waals surface area contributed by atoms with Gasteiger partial charge in [-0.2, -0.15) is 4.99 Å². The third-order valence-electron chi connectivity index (χ3n) is 0.350. The van der Waals surface area contributed by atoms with Crippen molar-refractivity contribution >= 4 is 33.9 Å². The lowest BCUT2D eigenvalue weighted by Crippen LogP contribution is -1.92. The topological polar surface area (TPSA) is 38.7 Å². The number of rotatable bonds is 0. The summed E-state index contributed by atoms with van der Waals surface area (Å²) in [7, 11) is 1.18. The minimum Gasteiger partial charge on any atom is -0.451 e. The fourth-order valence-corrected chi connectivity index (χ4v) is 0.253. The summed E-state index contributed by atoms with van der Waals surface area (Å²) in [4.78, 5) is 13.0. The molecule has 0 saturated carbocycles. The molecule has 0 fully saturated rings. The summed E-state index contributed by atoms with van der Waals surface area (Å²) in [6, 6.07) is 0. The molecule has 8 heavy (non-hydrogen) atoms. The van der Waals surface area contributed by atoms with Gasteiger partial charge in [-0.3, -0.25) is 0 Å². The second-order valence-corrected chi connectivity index (χ2v) is 1.73. The largest absolute Gasteiger partial charge is 0.451 e. The van der Waals surface area contributed by atoms with Crippen molar-refractivity contribution in [1.82, 2.24) is 0 Å². The van der Waals surface area contributed by atoms with E-state index in [4.69, 9.17) is 23.2 Å². The first-order chi connectivity index (χ1) is 3.66. The van der Waals surface area contributed by atoms with E-state index >= 15 is 0 Å². The van der Waals surface area contributed by atoms with Gasteiger partial charge in [0.25, 0.3) is 0 Å². The number of ether oxygens (including phenoxy) is 1. The van der Waals surface area contributed by atoms with Gasteiger partial charge in [-0.25, -0.2) is 4.79 Å². The molecule has 0 saturated heterocycles. The number of amides is 1. The predicted molar refractivity (Wildman–Crippen MR) is 31.5 cm³/mol. The van der Waals surface area contributed by atoms with Crippen LogP contribution < -0.4 is 0 Å². The summed E-state index contributed by atoms with van der Waals surface area (Å²) < 4.78 is 3.72. The van der Waals surface area contributed by atoms with Crippen molar-refractivity contribution in [2.24, 2.45) is 4.99 Å². The molecule has 0 aliphatic carbocycles. The van der Waals surface area contributed by atoms with Crippen LogP contribution in [0.4, 0.5) is 4.79 Å². The summed E-state index contributed by atoms with van der Waals surface area (Å²) >= 11 is 9.93. The molecule has 0 aromatic carbocycles. The first kappa shape index (κ1) is 7.72. The van der Waals surface area contributed by atoms with Crippen molar-refractivity contribution in [1.29, 1.82) is 0 Å². The minimum absolute atomic E-state index is 0.350. The number of methoxy groups -OCH3 is 1. The van der Waals surface area contributed by atoms with Crippen molar-refractivity contribution in [3.8, 4) is 0 Å². The van der Waals surface area contributed by atoms with Gasteiger partial charge in [-0.1, -0.05) is 0 Å². The van der Waals surface area contributed by atoms with E-state index in [1.54, 1.807) is 0 Å². The van der Waals surface area contributed by atoms with Crippen LogP contribution in [0, 0.1) is 0 Å². The zero-order chi connectivity index (χ0) is 6.57. The number of hydrogen-bond donors (Lipinski definition) is 0. The van der Waals surface area contributed by atoms with Gasteiger partial charge in [-0.15, -0.1) is 0 Å². The Balaban J connectivity index is 3.70. The highest BCUT2D eigenvalue weighted by Gasteiger charge is 1.94. The number of halogens is 2. The van der Waals surface area contributed by atoms with Gasteiger partial charge < -0.3 is 4.74 Å². The minimum atomic E-state index is -0.801. The smallest absolute Gasteiger partial charge is 0.435 e. The third-order valence-corrected chi connectivity index (χ3v) is 0.519. The highest BCUT2D eigenvalue weighted by molar-refractivity contribution is 6.95. The van der Waals surface area contributed by atoms with Crippen molar-refractivity contribution < 1.29 is 9.53 Å². The second kappa shape index (κ2) is 3.69. The van der Waals surface area contributed by atoms with E-state index in [1.165, 1.54) is 7.11 Å². The SMILES string of the molecule is COC(=O)N=C(Cl)Cl. The summed E-state index contributed by atoms with van der Waals surface area (Å²) in [5, 5.41) is 0. The third kappa shape index (κ3) is 3.89. The van der Waals surface area contributed by atoms with E-state index in [9.17, 15) is 4.79 Å². The molecule has 0 N–H and O–H groups in total. The standard InChI is InChI=1S/C3H3Cl2NO2/c1-8-3(7)6-2(4)5/h1H3. The summed E-state index contributed by atoms with van der Waals surface area (Å²) in [6.45, 7) is 0. The molecule has 3 nitrogen and oxygen atoms in total. The monoisotopic (exact) mass is 155 g/mol. The van der Waals surface area contributed by atoms with Crippen LogP contribution in [0.5, 0.6) is 0 Å². The predicted octanol–water partition coefficient (Wildman–Crippen LogP) is 1.59. The Morgan fingerprint density at radius 1 is 1.62 bits per heavy atom. The Morgan fingerprint density at radius 3 is 2.25 bits per heavy atom. The number of nitrogens with zero attached hydrogens (tertiary/aromatic N) is 1. The van der Waals surface area contributed by atoms with Crippen molar-refractivity contribution in [3.63, 3.8) is 0 Å². The molecule has 0 atom stereocenters. The number of aliphatic imine (C=N–C) groups is 1. The van der Waals surface area contributed by atoms with Crippen LogP contribution in [0.3, 0.4) is 0 Å². The lowest BCUT2D eigenvalue weighted by molar-refractivity contribution is 0.183. The van der Waals surface area contributed by atoms with Crippen LogP contribution in [-0.2, 0) is 4.74 Å². The first-order valence-corrected chi connectivity index (χ1v) is 2.40. The van der Waals surface area contributed by atoms with Gasteiger partial charge in [0.05, 0.1) is 7.11 Å². The number of carbonyl (C=O) groups excluding carboxylic acids is 1. The van der Waals surface area contributed by atoms with Crippen molar-refractivity contribution in [3.05, 3.63) is 0 Å². The first-order valence-electron chi connectivity index (χ1n) is 1.64. The maximum atomic E-state index is 10.0. The van der Waals surface area contributed by atoms with Crippen LogP contribution in [0.15, 0.2) is 4.99 Å². The molecule has 5 heteroatoms.